The fourth-order valence-corrected chi connectivity index (χ4v) is 1.78. The second-order valence-corrected chi connectivity index (χ2v) is 4.54. The van der Waals surface area contributed by atoms with E-state index >= 15 is 0 Å². The van der Waals surface area contributed by atoms with E-state index in [1.165, 1.54) is 11.3 Å². The molecule has 0 aliphatic carbocycles. The first kappa shape index (κ1) is 10.1. The monoisotopic (exact) mass is 203 g/mol. The van der Waals surface area contributed by atoms with Gasteiger partial charge in [0.25, 0.3) is 0 Å². The van der Waals surface area contributed by atoms with Crippen LogP contribution in [0.1, 0.15) is 50.8 Å². The first-order valence-corrected chi connectivity index (χ1v) is 5.42. The van der Waals surface area contributed by atoms with Gasteiger partial charge in [-0.2, -0.15) is 0 Å². The third-order valence-corrected chi connectivity index (χ3v) is 2.69. The molecule has 80 valence electrons. The molecular formula is C12H17N3. The molecular weight excluding hydrogens is 186 g/mol. The van der Waals surface area contributed by atoms with Crippen LogP contribution in [0.2, 0.25) is 0 Å². The smallest absolute Gasteiger partial charge is 0.143 e. The molecule has 0 spiro atoms. The Labute approximate surface area is 90.2 Å². The number of fused-ring (bicyclic) bond motifs is 1. The topological polar surface area (TPSA) is 30.2 Å². The van der Waals surface area contributed by atoms with Crippen molar-refractivity contribution < 1.29 is 0 Å². The van der Waals surface area contributed by atoms with Crippen LogP contribution in [0.25, 0.3) is 5.65 Å². The van der Waals surface area contributed by atoms with Gasteiger partial charge in [-0.05, 0) is 11.8 Å². The van der Waals surface area contributed by atoms with E-state index in [1.54, 1.807) is 0 Å². The summed E-state index contributed by atoms with van der Waals surface area (Å²) in [5.41, 5.74) is 3.48. The lowest BCUT2D eigenvalue weighted by molar-refractivity contribution is 0.790. The van der Waals surface area contributed by atoms with Gasteiger partial charge in [0.05, 0.1) is 0 Å². The van der Waals surface area contributed by atoms with Gasteiger partial charge in [0.15, 0.2) is 0 Å². The van der Waals surface area contributed by atoms with Crippen molar-refractivity contribution >= 4 is 5.65 Å². The van der Waals surface area contributed by atoms with Crippen LogP contribution in [0.4, 0.5) is 0 Å². The maximum Gasteiger partial charge on any atom is 0.143 e. The van der Waals surface area contributed by atoms with Crippen molar-refractivity contribution in [2.75, 3.05) is 0 Å². The lowest BCUT2D eigenvalue weighted by Gasteiger charge is -2.08. The Kier molecular flexibility index (Phi) is 2.47. The minimum atomic E-state index is 0.462. The summed E-state index contributed by atoms with van der Waals surface area (Å²) < 4.78 is 2.10. The highest BCUT2D eigenvalue weighted by molar-refractivity contribution is 5.49. The summed E-state index contributed by atoms with van der Waals surface area (Å²) >= 11 is 0. The van der Waals surface area contributed by atoms with Crippen LogP contribution in [0.5, 0.6) is 0 Å². The Hall–Kier alpha value is -1.38. The first-order chi connectivity index (χ1) is 7.11. The summed E-state index contributed by atoms with van der Waals surface area (Å²) in [5.74, 6) is 0.938. The third kappa shape index (κ3) is 1.62. The van der Waals surface area contributed by atoms with Gasteiger partial charge in [0.2, 0.25) is 0 Å². The van der Waals surface area contributed by atoms with Crippen molar-refractivity contribution in [1.82, 2.24) is 14.4 Å². The molecule has 2 rings (SSSR count). The molecule has 3 nitrogen and oxygen atoms in total. The molecule has 0 amide bonds. The minimum Gasteiger partial charge on any atom is -0.287 e. The average molecular weight is 203 g/mol. The number of aromatic nitrogens is 3. The second kappa shape index (κ2) is 3.65. The SMILES string of the molecule is CC(C)c1cncn2c(C(C)C)cnc12. The van der Waals surface area contributed by atoms with Gasteiger partial charge in [0.1, 0.15) is 12.0 Å². The Morgan fingerprint density at radius 3 is 2.40 bits per heavy atom. The fourth-order valence-electron chi connectivity index (χ4n) is 1.78. The molecule has 3 heteroatoms. The largest absolute Gasteiger partial charge is 0.287 e. The van der Waals surface area contributed by atoms with Gasteiger partial charge in [0, 0.05) is 23.7 Å². The van der Waals surface area contributed by atoms with Crippen LogP contribution < -0.4 is 0 Å². The van der Waals surface area contributed by atoms with Crippen molar-refractivity contribution in [2.45, 2.75) is 39.5 Å². The van der Waals surface area contributed by atoms with Gasteiger partial charge in [-0.25, -0.2) is 9.97 Å². The molecule has 0 fully saturated rings. The zero-order chi connectivity index (χ0) is 11.0. The summed E-state index contributed by atoms with van der Waals surface area (Å²) in [4.78, 5) is 8.76. The lowest BCUT2D eigenvalue weighted by atomic mass is 10.1. The van der Waals surface area contributed by atoms with E-state index in [1.807, 2.05) is 18.7 Å². The van der Waals surface area contributed by atoms with Crippen molar-refractivity contribution in [3.05, 3.63) is 30.0 Å². The van der Waals surface area contributed by atoms with Gasteiger partial charge in [-0.3, -0.25) is 4.40 Å². The predicted molar refractivity (Wildman–Crippen MR) is 61.2 cm³/mol. The Balaban J connectivity index is 2.69. The highest BCUT2D eigenvalue weighted by Crippen LogP contribution is 2.22. The molecule has 0 saturated heterocycles. The number of hydrogen-bond donors (Lipinski definition) is 0. The van der Waals surface area contributed by atoms with Crippen LogP contribution in [0.15, 0.2) is 18.7 Å². The number of hydrogen-bond acceptors (Lipinski definition) is 2. The summed E-state index contributed by atoms with van der Waals surface area (Å²) in [6.45, 7) is 8.68. The molecule has 0 aliphatic heterocycles. The Morgan fingerprint density at radius 1 is 1.07 bits per heavy atom. The molecule has 0 aromatic carbocycles. The maximum atomic E-state index is 4.48. The van der Waals surface area contributed by atoms with Crippen molar-refractivity contribution in [3.8, 4) is 0 Å². The minimum absolute atomic E-state index is 0.462. The standard InChI is InChI=1S/C12H17N3/c1-8(2)10-5-13-7-15-11(9(3)4)6-14-12(10)15/h5-9H,1-4H3. The van der Waals surface area contributed by atoms with E-state index in [0.29, 0.717) is 11.8 Å². The first-order valence-electron chi connectivity index (χ1n) is 5.42. The van der Waals surface area contributed by atoms with Gasteiger partial charge >= 0.3 is 0 Å². The highest BCUT2D eigenvalue weighted by Gasteiger charge is 2.11. The molecule has 0 radical (unpaired) electrons. The van der Waals surface area contributed by atoms with E-state index in [4.69, 9.17) is 0 Å². The van der Waals surface area contributed by atoms with Gasteiger partial charge < -0.3 is 0 Å². The molecule has 2 aromatic rings. The number of nitrogens with zero attached hydrogens (tertiary/aromatic N) is 3. The van der Waals surface area contributed by atoms with Crippen molar-refractivity contribution in [1.29, 1.82) is 0 Å². The summed E-state index contributed by atoms with van der Waals surface area (Å²) in [5, 5.41) is 0. The van der Waals surface area contributed by atoms with Crippen molar-refractivity contribution in [2.24, 2.45) is 0 Å². The van der Waals surface area contributed by atoms with E-state index in [9.17, 15) is 0 Å². The van der Waals surface area contributed by atoms with Gasteiger partial charge in [-0.1, -0.05) is 27.7 Å². The lowest BCUT2D eigenvalue weighted by Crippen LogP contribution is -2.00. The van der Waals surface area contributed by atoms with E-state index in [-0.39, 0.29) is 0 Å². The fraction of sp³-hybridized carbons (Fsp3) is 0.500. The predicted octanol–water partition coefficient (Wildman–Crippen LogP) is 2.98. The average Bonchev–Trinajstić information content (AvgIpc) is 2.59. The zero-order valence-corrected chi connectivity index (χ0v) is 9.73. The molecule has 15 heavy (non-hydrogen) atoms. The molecule has 0 aliphatic rings. The van der Waals surface area contributed by atoms with Crippen LogP contribution in [-0.2, 0) is 0 Å². The summed E-state index contributed by atoms with van der Waals surface area (Å²) in [6, 6.07) is 0. The Morgan fingerprint density at radius 2 is 1.80 bits per heavy atom. The molecule has 0 bridgehead atoms. The van der Waals surface area contributed by atoms with Crippen LogP contribution in [0.3, 0.4) is 0 Å². The maximum absolute atomic E-state index is 4.48. The van der Waals surface area contributed by atoms with Crippen LogP contribution >= 0.6 is 0 Å². The van der Waals surface area contributed by atoms with Crippen molar-refractivity contribution in [3.63, 3.8) is 0 Å². The summed E-state index contributed by atoms with van der Waals surface area (Å²) in [6.07, 6.45) is 5.72. The highest BCUT2D eigenvalue weighted by atomic mass is 15.0. The van der Waals surface area contributed by atoms with Crippen LogP contribution in [0, 0.1) is 0 Å². The number of rotatable bonds is 2. The molecule has 0 N–H and O–H groups in total. The number of imidazole rings is 1. The quantitative estimate of drug-likeness (QED) is 0.751. The molecule has 2 aromatic heterocycles. The summed E-state index contributed by atoms with van der Waals surface area (Å²) in [7, 11) is 0. The van der Waals surface area contributed by atoms with Gasteiger partial charge in [-0.15, -0.1) is 0 Å². The normalized spacial score (nSPS) is 11.9. The van der Waals surface area contributed by atoms with E-state index in [0.717, 1.165) is 5.65 Å². The van der Waals surface area contributed by atoms with Crippen LogP contribution in [-0.4, -0.2) is 14.4 Å². The molecule has 0 unspecified atom stereocenters. The van der Waals surface area contributed by atoms with E-state index in [2.05, 4.69) is 42.1 Å². The molecule has 0 atom stereocenters. The molecule has 2 heterocycles. The van der Waals surface area contributed by atoms with E-state index < -0.39 is 0 Å². The zero-order valence-electron chi connectivity index (χ0n) is 9.73. The second-order valence-electron chi connectivity index (χ2n) is 4.54. The Bertz CT molecular complexity index is 469. The third-order valence-electron chi connectivity index (χ3n) is 2.69. The molecule has 0 saturated carbocycles.